The van der Waals surface area contributed by atoms with Crippen molar-refractivity contribution >= 4 is 23.0 Å². The summed E-state index contributed by atoms with van der Waals surface area (Å²) in [6.45, 7) is 0.960. The van der Waals surface area contributed by atoms with Crippen LogP contribution in [-0.4, -0.2) is 12.5 Å². The van der Waals surface area contributed by atoms with E-state index in [-0.39, 0.29) is 5.91 Å². The number of fused-ring (bicyclic) bond motifs is 1. The van der Waals surface area contributed by atoms with Gasteiger partial charge in [-0.15, -0.1) is 0 Å². The monoisotopic (exact) mass is 273 g/mol. The SMILES string of the molecule is Nc1cc2c(cc1NCCC1CCCCC1)NC(=O)C2. The van der Waals surface area contributed by atoms with E-state index in [2.05, 4.69) is 10.6 Å². The van der Waals surface area contributed by atoms with E-state index < -0.39 is 0 Å². The lowest BCUT2D eigenvalue weighted by Gasteiger charge is -2.22. The van der Waals surface area contributed by atoms with E-state index in [1.165, 1.54) is 38.5 Å². The molecule has 1 aliphatic carbocycles. The molecule has 1 aliphatic heterocycles. The van der Waals surface area contributed by atoms with Crippen LogP contribution < -0.4 is 16.4 Å². The molecule has 1 fully saturated rings. The highest BCUT2D eigenvalue weighted by Crippen LogP contribution is 2.32. The third-order valence-corrected chi connectivity index (χ3v) is 4.49. The van der Waals surface area contributed by atoms with Crippen molar-refractivity contribution in [1.82, 2.24) is 0 Å². The van der Waals surface area contributed by atoms with Crippen LogP contribution in [0.3, 0.4) is 0 Å². The Bertz CT molecular complexity index is 507. The molecule has 4 nitrogen and oxygen atoms in total. The van der Waals surface area contributed by atoms with Crippen molar-refractivity contribution in [2.45, 2.75) is 44.9 Å². The van der Waals surface area contributed by atoms with Gasteiger partial charge in [0, 0.05) is 12.2 Å². The molecule has 1 aromatic rings. The molecule has 1 amide bonds. The summed E-state index contributed by atoms with van der Waals surface area (Å²) in [4.78, 5) is 11.4. The summed E-state index contributed by atoms with van der Waals surface area (Å²) in [6.07, 6.45) is 8.58. The quantitative estimate of drug-likeness (QED) is 0.738. The fourth-order valence-electron chi connectivity index (χ4n) is 3.33. The molecule has 0 spiro atoms. The molecule has 3 rings (SSSR count). The van der Waals surface area contributed by atoms with E-state index in [4.69, 9.17) is 5.73 Å². The standard InChI is InChI=1S/C16H23N3O/c17-13-8-12-9-16(20)19-14(12)10-15(13)18-7-6-11-4-2-1-3-5-11/h8,10-11,18H,1-7,9,17H2,(H,19,20). The molecule has 0 aromatic heterocycles. The van der Waals surface area contributed by atoms with Gasteiger partial charge in [0.25, 0.3) is 0 Å². The second kappa shape index (κ2) is 5.73. The van der Waals surface area contributed by atoms with Gasteiger partial charge in [0.1, 0.15) is 0 Å². The van der Waals surface area contributed by atoms with Crippen molar-refractivity contribution in [2.24, 2.45) is 5.92 Å². The van der Waals surface area contributed by atoms with Crippen molar-refractivity contribution in [3.05, 3.63) is 17.7 Å². The lowest BCUT2D eigenvalue weighted by atomic mass is 9.87. The third kappa shape index (κ3) is 2.89. The van der Waals surface area contributed by atoms with Crippen LogP contribution in [0.25, 0.3) is 0 Å². The van der Waals surface area contributed by atoms with Gasteiger partial charge >= 0.3 is 0 Å². The Morgan fingerprint density at radius 1 is 1.25 bits per heavy atom. The second-order valence-corrected chi connectivity index (χ2v) is 6.04. The molecule has 20 heavy (non-hydrogen) atoms. The maximum atomic E-state index is 11.4. The number of carbonyl (C=O) groups excluding carboxylic acids is 1. The zero-order valence-corrected chi connectivity index (χ0v) is 11.9. The van der Waals surface area contributed by atoms with Crippen LogP contribution in [0.5, 0.6) is 0 Å². The first-order valence-electron chi connectivity index (χ1n) is 7.68. The smallest absolute Gasteiger partial charge is 0.228 e. The highest BCUT2D eigenvalue weighted by molar-refractivity contribution is 6.00. The highest BCUT2D eigenvalue weighted by atomic mass is 16.1. The zero-order valence-electron chi connectivity index (χ0n) is 11.9. The number of nitrogens with two attached hydrogens (primary N) is 1. The molecular weight excluding hydrogens is 250 g/mol. The van der Waals surface area contributed by atoms with Gasteiger partial charge in [0.2, 0.25) is 5.91 Å². The Kier molecular flexibility index (Phi) is 3.81. The van der Waals surface area contributed by atoms with E-state index in [1.807, 2.05) is 12.1 Å². The Morgan fingerprint density at radius 3 is 2.85 bits per heavy atom. The second-order valence-electron chi connectivity index (χ2n) is 6.04. The van der Waals surface area contributed by atoms with E-state index in [9.17, 15) is 4.79 Å². The van der Waals surface area contributed by atoms with Crippen LogP contribution in [0.15, 0.2) is 12.1 Å². The van der Waals surface area contributed by atoms with Crippen LogP contribution in [0, 0.1) is 5.92 Å². The lowest BCUT2D eigenvalue weighted by molar-refractivity contribution is -0.115. The molecule has 1 heterocycles. The molecule has 0 radical (unpaired) electrons. The topological polar surface area (TPSA) is 67.2 Å². The number of hydrogen-bond acceptors (Lipinski definition) is 3. The van der Waals surface area contributed by atoms with Gasteiger partial charge in [0.15, 0.2) is 0 Å². The molecule has 1 saturated carbocycles. The molecule has 0 saturated heterocycles. The van der Waals surface area contributed by atoms with Crippen molar-refractivity contribution in [1.29, 1.82) is 0 Å². The van der Waals surface area contributed by atoms with Gasteiger partial charge in [0.05, 0.1) is 17.8 Å². The summed E-state index contributed by atoms with van der Waals surface area (Å²) < 4.78 is 0. The van der Waals surface area contributed by atoms with Crippen molar-refractivity contribution < 1.29 is 4.79 Å². The average Bonchev–Trinajstić information content (AvgIpc) is 2.79. The van der Waals surface area contributed by atoms with Crippen LogP contribution >= 0.6 is 0 Å². The molecule has 0 unspecified atom stereocenters. The number of anilines is 3. The van der Waals surface area contributed by atoms with Gasteiger partial charge in [-0.05, 0) is 30.0 Å². The summed E-state index contributed by atoms with van der Waals surface area (Å²) in [5, 5.41) is 6.30. The minimum Gasteiger partial charge on any atom is -0.397 e. The minimum atomic E-state index is 0.0544. The lowest BCUT2D eigenvalue weighted by Crippen LogP contribution is -2.13. The number of amides is 1. The molecule has 1 aromatic carbocycles. The predicted molar refractivity (Wildman–Crippen MR) is 82.9 cm³/mol. The van der Waals surface area contributed by atoms with E-state index in [1.54, 1.807) is 0 Å². The molecule has 4 N–H and O–H groups in total. The number of hydrogen-bond donors (Lipinski definition) is 3. The van der Waals surface area contributed by atoms with Crippen LogP contribution in [0.1, 0.15) is 44.1 Å². The van der Waals surface area contributed by atoms with E-state index in [0.29, 0.717) is 6.42 Å². The summed E-state index contributed by atoms with van der Waals surface area (Å²) >= 11 is 0. The van der Waals surface area contributed by atoms with Crippen LogP contribution in [0.4, 0.5) is 17.1 Å². The first-order chi connectivity index (χ1) is 9.72. The number of benzene rings is 1. The first-order valence-corrected chi connectivity index (χ1v) is 7.68. The predicted octanol–water partition coefficient (Wildman–Crippen LogP) is 3.15. The minimum absolute atomic E-state index is 0.0544. The van der Waals surface area contributed by atoms with Crippen LogP contribution in [-0.2, 0) is 11.2 Å². The Morgan fingerprint density at radius 2 is 2.05 bits per heavy atom. The Labute approximate surface area is 120 Å². The third-order valence-electron chi connectivity index (χ3n) is 4.49. The van der Waals surface area contributed by atoms with Crippen molar-refractivity contribution in [3.8, 4) is 0 Å². The largest absolute Gasteiger partial charge is 0.397 e. The molecule has 108 valence electrons. The summed E-state index contributed by atoms with van der Waals surface area (Å²) in [5.74, 6) is 0.922. The summed E-state index contributed by atoms with van der Waals surface area (Å²) in [5.41, 5.74) is 9.65. The molecule has 0 atom stereocenters. The molecular formula is C16H23N3O. The fourth-order valence-corrected chi connectivity index (χ4v) is 3.33. The van der Waals surface area contributed by atoms with Gasteiger partial charge in [-0.25, -0.2) is 0 Å². The average molecular weight is 273 g/mol. The molecule has 0 bridgehead atoms. The summed E-state index contributed by atoms with van der Waals surface area (Å²) in [6, 6.07) is 3.88. The number of nitrogens with one attached hydrogen (secondary N) is 2. The number of carbonyl (C=O) groups is 1. The Balaban J connectivity index is 1.57. The maximum absolute atomic E-state index is 11.4. The zero-order chi connectivity index (χ0) is 13.9. The van der Waals surface area contributed by atoms with E-state index >= 15 is 0 Å². The van der Waals surface area contributed by atoms with Crippen molar-refractivity contribution in [2.75, 3.05) is 22.9 Å². The first kappa shape index (κ1) is 13.3. The van der Waals surface area contributed by atoms with Gasteiger partial charge in [-0.3, -0.25) is 4.79 Å². The number of rotatable bonds is 4. The van der Waals surface area contributed by atoms with E-state index in [0.717, 1.165) is 35.1 Å². The summed E-state index contributed by atoms with van der Waals surface area (Å²) in [7, 11) is 0. The van der Waals surface area contributed by atoms with Crippen LogP contribution in [0.2, 0.25) is 0 Å². The molecule has 2 aliphatic rings. The number of nitrogen functional groups attached to an aromatic ring is 1. The molecule has 4 heteroatoms. The van der Waals surface area contributed by atoms with Crippen molar-refractivity contribution in [3.63, 3.8) is 0 Å². The normalized spacial score (nSPS) is 18.7. The highest BCUT2D eigenvalue weighted by Gasteiger charge is 2.19. The fraction of sp³-hybridized carbons (Fsp3) is 0.562. The maximum Gasteiger partial charge on any atom is 0.228 e. The Hall–Kier alpha value is -1.71. The van der Waals surface area contributed by atoms with Gasteiger partial charge in [-0.2, -0.15) is 0 Å². The van der Waals surface area contributed by atoms with Gasteiger partial charge < -0.3 is 16.4 Å². The van der Waals surface area contributed by atoms with Gasteiger partial charge in [-0.1, -0.05) is 32.1 Å².